The maximum Gasteiger partial charge on any atom is 0.243 e. The number of anilines is 1. The van der Waals surface area contributed by atoms with E-state index in [1.807, 2.05) is 29.2 Å². The van der Waals surface area contributed by atoms with Crippen LogP contribution in [0.15, 0.2) is 53.4 Å². The van der Waals surface area contributed by atoms with Crippen LogP contribution in [0.5, 0.6) is 0 Å². The second-order valence-corrected chi connectivity index (χ2v) is 10.2. The molecule has 170 valence electrons. The van der Waals surface area contributed by atoms with Gasteiger partial charge in [-0.2, -0.15) is 4.31 Å². The Kier molecular flexibility index (Phi) is 6.62. The number of sulfonamides is 1. The first-order chi connectivity index (χ1) is 15.4. The first-order valence-electron chi connectivity index (χ1n) is 11.2. The molecule has 2 aliphatic rings. The number of fused-ring (bicyclic) bond motifs is 1. The second-order valence-electron chi connectivity index (χ2n) is 8.30. The summed E-state index contributed by atoms with van der Waals surface area (Å²) in [5.41, 5.74) is 2.55. The van der Waals surface area contributed by atoms with Crippen LogP contribution in [-0.4, -0.2) is 49.1 Å². The van der Waals surface area contributed by atoms with Gasteiger partial charge in [0, 0.05) is 38.2 Å². The van der Waals surface area contributed by atoms with Gasteiger partial charge in [-0.3, -0.25) is 9.59 Å². The standard InChI is InChI=1S/C24H29N3O4S/c1-2-23(28)25-19-9-11-20(12-10-19)32(30,31)27-16-13-18-7-3-4-8-21(18)22(27)17-24(29)26-14-5-6-15-26/h3-4,7-12,22H,2,5-6,13-17H2,1H3,(H,25,28)/t22-/m1/s1. The number of likely N-dealkylation sites (tertiary alicyclic amines) is 1. The first kappa shape index (κ1) is 22.5. The van der Waals surface area contributed by atoms with Crippen LogP contribution in [-0.2, 0) is 26.0 Å². The summed E-state index contributed by atoms with van der Waals surface area (Å²) < 4.78 is 28.7. The van der Waals surface area contributed by atoms with Gasteiger partial charge in [0.15, 0.2) is 0 Å². The fourth-order valence-electron chi connectivity index (χ4n) is 4.48. The van der Waals surface area contributed by atoms with Crippen LogP contribution in [0.2, 0.25) is 0 Å². The number of benzene rings is 2. The molecule has 0 aliphatic carbocycles. The first-order valence-corrected chi connectivity index (χ1v) is 12.6. The zero-order chi connectivity index (χ0) is 22.7. The summed E-state index contributed by atoms with van der Waals surface area (Å²) in [6, 6.07) is 13.5. The van der Waals surface area contributed by atoms with Crippen molar-refractivity contribution in [2.45, 2.75) is 50.0 Å². The summed E-state index contributed by atoms with van der Waals surface area (Å²) in [5, 5.41) is 2.73. The Morgan fingerprint density at radius 1 is 1.00 bits per heavy atom. The molecule has 0 radical (unpaired) electrons. The van der Waals surface area contributed by atoms with Crippen LogP contribution < -0.4 is 5.32 Å². The van der Waals surface area contributed by atoms with Gasteiger partial charge in [0.2, 0.25) is 21.8 Å². The van der Waals surface area contributed by atoms with Crippen molar-refractivity contribution in [2.75, 3.05) is 25.0 Å². The maximum atomic E-state index is 13.6. The summed E-state index contributed by atoms with van der Waals surface area (Å²) in [7, 11) is -3.82. The number of carbonyl (C=O) groups excluding carboxylic acids is 2. The van der Waals surface area contributed by atoms with Gasteiger partial charge in [-0.1, -0.05) is 31.2 Å². The van der Waals surface area contributed by atoms with E-state index in [4.69, 9.17) is 0 Å². The predicted molar refractivity (Wildman–Crippen MR) is 123 cm³/mol. The summed E-state index contributed by atoms with van der Waals surface area (Å²) >= 11 is 0. The van der Waals surface area contributed by atoms with E-state index in [9.17, 15) is 18.0 Å². The molecule has 7 nitrogen and oxygen atoms in total. The molecular weight excluding hydrogens is 426 g/mol. The number of hydrogen-bond donors (Lipinski definition) is 1. The molecule has 1 N–H and O–H groups in total. The molecule has 1 saturated heterocycles. The average Bonchev–Trinajstić information content (AvgIpc) is 3.34. The lowest BCUT2D eigenvalue weighted by molar-refractivity contribution is -0.131. The van der Waals surface area contributed by atoms with Gasteiger partial charge in [-0.15, -0.1) is 0 Å². The van der Waals surface area contributed by atoms with Gasteiger partial charge >= 0.3 is 0 Å². The normalized spacial score (nSPS) is 18.9. The van der Waals surface area contributed by atoms with E-state index in [0.29, 0.717) is 25.1 Å². The molecule has 0 unspecified atom stereocenters. The number of rotatable bonds is 6. The SMILES string of the molecule is CCC(=O)Nc1ccc(S(=O)(=O)N2CCc3ccccc3[C@H]2CC(=O)N2CCCC2)cc1. The predicted octanol–water partition coefficient (Wildman–Crippen LogP) is 3.34. The Balaban J connectivity index is 1.63. The molecule has 2 heterocycles. The minimum absolute atomic E-state index is 0.00188. The van der Waals surface area contributed by atoms with Gasteiger partial charge in [0.05, 0.1) is 10.9 Å². The van der Waals surface area contributed by atoms with Crippen molar-refractivity contribution in [3.63, 3.8) is 0 Å². The molecule has 2 aromatic rings. The molecule has 0 saturated carbocycles. The zero-order valence-corrected chi connectivity index (χ0v) is 19.1. The Bertz CT molecular complexity index is 1090. The molecule has 0 spiro atoms. The van der Waals surface area contributed by atoms with E-state index >= 15 is 0 Å². The summed E-state index contributed by atoms with van der Waals surface area (Å²) in [6.07, 6.45) is 3.08. The molecule has 4 rings (SSSR count). The van der Waals surface area contributed by atoms with Crippen molar-refractivity contribution in [1.29, 1.82) is 0 Å². The monoisotopic (exact) mass is 455 g/mol. The fraction of sp³-hybridized carbons (Fsp3) is 0.417. The Labute approximate surface area is 189 Å². The quantitative estimate of drug-likeness (QED) is 0.724. The minimum atomic E-state index is -3.82. The van der Waals surface area contributed by atoms with Crippen molar-refractivity contribution in [3.8, 4) is 0 Å². The lowest BCUT2D eigenvalue weighted by Crippen LogP contribution is -2.42. The van der Waals surface area contributed by atoms with Gasteiger partial charge in [0.25, 0.3) is 0 Å². The highest BCUT2D eigenvalue weighted by molar-refractivity contribution is 7.89. The summed E-state index contributed by atoms with van der Waals surface area (Å²) in [5.74, 6) is -0.129. The topological polar surface area (TPSA) is 86.8 Å². The molecule has 2 amide bonds. The number of amides is 2. The molecule has 0 aromatic heterocycles. The van der Waals surface area contributed by atoms with Crippen molar-refractivity contribution >= 4 is 27.5 Å². The van der Waals surface area contributed by atoms with E-state index in [1.54, 1.807) is 19.1 Å². The Hall–Kier alpha value is -2.71. The molecular formula is C24H29N3O4S. The Morgan fingerprint density at radius 2 is 1.69 bits per heavy atom. The third-order valence-electron chi connectivity index (χ3n) is 6.26. The molecule has 1 fully saturated rings. The van der Waals surface area contributed by atoms with Gasteiger partial charge < -0.3 is 10.2 Å². The molecule has 1 atom stereocenters. The summed E-state index contributed by atoms with van der Waals surface area (Å²) in [6.45, 7) is 3.56. The van der Waals surface area contributed by atoms with Crippen molar-refractivity contribution in [3.05, 3.63) is 59.7 Å². The third kappa shape index (κ3) is 4.56. The number of nitrogens with zero attached hydrogens (tertiary/aromatic N) is 2. The van der Waals surface area contributed by atoms with Crippen LogP contribution in [0.25, 0.3) is 0 Å². The van der Waals surface area contributed by atoms with Crippen molar-refractivity contribution < 1.29 is 18.0 Å². The lowest BCUT2D eigenvalue weighted by Gasteiger charge is -2.36. The van der Waals surface area contributed by atoms with Crippen LogP contribution in [0.4, 0.5) is 5.69 Å². The highest BCUT2D eigenvalue weighted by Crippen LogP contribution is 2.37. The fourth-order valence-corrected chi connectivity index (χ4v) is 6.09. The molecule has 2 aromatic carbocycles. The average molecular weight is 456 g/mol. The third-order valence-corrected chi connectivity index (χ3v) is 8.18. The van der Waals surface area contributed by atoms with Crippen LogP contribution in [0.1, 0.15) is 49.8 Å². The number of hydrogen-bond acceptors (Lipinski definition) is 4. The number of nitrogens with one attached hydrogen (secondary N) is 1. The zero-order valence-electron chi connectivity index (χ0n) is 18.3. The van der Waals surface area contributed by atoms with Gasteiger partial charge in [-0.25, -0.2) is 8.42 Å². The molecule has 32 heavy (non-hydrogen) atoms. The molecule has 0 bridgehead atoms. The van der Waals surface area contributed by atoms with Crippen molar-refractivity contribution in [1.82, 2.24) is 9.21 Å². The number of carbonyl (C=O) groups is 2. The largest absolute Gasteiger partial charge is 0.343 e. The molecule has 8 heteroatoms. The van der Waals surface area contributed by atoms with Crippen LogP contribution in [0.3, 0.4) is 0 Å². The molecule has 2 aliphatic heterocycles. The highest BCUT2D eigenvalue weighted by Gasteiger charge is 2.38. The van der Waals surface area contributed by atoms with E-state index in [-0.39, 0.29) is 23.1 Å². The summed E-state index contributed by atoms with van der Waals surface area (Å²) in [4.78, 5) is 26.6. The Morgan fingerprint density at radius 3 is 2.38 bits per heavy atom. The highest BCUT2D eigenvalue weighted by atomic mass is 32.2. The van der Waals surface area contributed by atoms with Crippen molar-refractivity contribution in [2.24, 2.45) is 0 Å². The van der Waals surface area contributed by atoms with Gasteiger partial charge in [-0.05, 0) is 54.7 Å². The lowest BCUT2D eigenvalue weighted by atomic mass is 9.92. The maximum absolute atomic E-state index is 13.6. The second kappa shape index (κ2) is 9.42. The van der Waals surface area contributed by atoms with E-state index in [1.165, 1.54) is 16.4 Å². The smallest absolute Gasteiger partial charge is 0.243 e. The van der Waals surface area contributed by atoms with E-state index in [0.717, 1.165) is 37.1 Å². The minimum Gasteiger partial charge on any atom is -0.343 e. The van der Waals surface area contributed by atoms with E-state index in [2.05, 4.69) is 5.32 Å². The van der Waals surface area contributed by atoms with Crippen LogP contribution >= 0.6 is 0 Å². The van der Waals surface area contributed by atoms with Gasteiger partial charge in [0.1, 0.15) is 0 Å². The van der Waals surface area contributed by atoms with Crippen LogP contribution in [0, 0.1) is 0 Å². The van der Waals surface area contributed by atoms with E-state index < -0.39 is 16.1 Å².